The van der Waals surface area contributed by atoms with Crippen LogP contribution in [0.15, 0.2) is 42.7 Å². The molecule has 0 atom stereocenters. The fourth-order valence-electron chi connectivity index (χ4n) is 2.01. The van der Waals surface area contributed by atoms with E-state index in [-0.39, 0.29) is 5.91 Å². The molecule has 5 heteroatoms. The fraction of sp³-hybridized carbons (Fsp3) is 0.188. The summed E-state index contributed by atoms with van der Waals surface area (Å²) < 4.78 is 0. The SMILES string of the molecule is CCN(Cc1ccccc1C#N)C(=O)c1cnccc1Cl. The van der Waals surface area contributed by atoms with Crippen molar-refractivity contribution in [1.82, 2.24) is 9.88 Å². The predicted molar refractivity (Wildman–Crippen MR) is 80.8 cm³/mol. The van der Waals surface area contributed by atoms with Crippen LogP contribution < -0.4 is 0 Å². The Kier molecular flexibility index (Phi) is 4.91. The van der Waals surface area contributed by atoms with Crippen LogP contribution in [0.1, 0.15) is 28.4 Å². The Morgan fingerprint density at radius 1 is 1.38 bits per heavy atom. The second-order valence-electron chi connectivity index (χ2n) is 4.44. The Morgan fingerprint density at radius 2 is 2.14 bits per heavy atom. The molecule has 0 saturated heterocycles. The molecule has 0 radical (unpaired) electrons. The van der Waals surface area contributed by atoms with E-state index in [9.17, 15) is 4.79 Å². The minimum absolute atomic E-state index is 0.191. The zero-order valence-corrected chi connectivity index (χ0v) is 12.3. The van der Waals surface area contributed by atoms with Crippen molar-refractivity contribution in [2.45, 2.75) is 13.5 Å². The quantitative estimate of drug-likeness (QED) is 0.870. The minimum atomic E-state index is -0.191. The molecule has 0 aliphatic carbocycles. The molecule has 0 N–H and O–H groups in total. The van der Waals surface area contributed by atoms with Crippen LogP contribution in [0.2, 0.25) is 5.02 Å². The molecule has 0 fully saturated rings. The van der Waals surface area contributed by atoms with Gasteiger partial charge >= 0.3 is 0 Å². The van der Waals surface area contributed by atoms with E-state index in [0.717, 1.165) is 5.56 Å². The number of rotatable bonds is 4. The number of halogens is 1. The summed E-state index contributed by atoms with van der Waals surface area (Å²) in [4.78, 5) is 18.1. The van der Waals surface area contributed by atoms with Gasteiger partial charge in [0.1, 0.15) is 0 Å². The lowest BCUT2D eigenvalue weighted by atomic mass is 10.1. The average molecular weight is 300 g/mol. The second kappa shape index (κ2) is 6.87. The average Bonchev–Trinajstić information content (AvgIpc) is 2.52. The first kappa shape index (κ1) is 15.0. The molecule has 4 nitrogen and oxygen atoms in total. The Morgan fingerprint density at radius 3 is 2.81 bits per heavy atom. The van der Waals surface area contributed by atoms with Crippen LogP contribution in [0, 0.1) is 11.3 Å². The van der Waals surface area contributed by atoms with E-state index < -0.39 is 0 Å². The van der Waals surface area contributed by atoms with Gasteiger partial charge in [0.2, 0.25) is 0 Å². The molecule has 2 aromatic rings. The summed E-state index contributed by atoms with van der Waals surface area (Å²) in [7, 11) is 0. The standard InChI is InChI=1S/C16H14ClN3O/c1-2-20(11-13-6-4-3-5-12(13)9-18)16(21)14-10-19-8-7-15(14)17/h3-8,10H,2,11H2,1H3. The normalized spacial score (nSPS) is 9.95. The molecule has 21 heavy (non-hydrogen) atoms. The maximum Gasteiger partial charge on any atom is 0.257 e. The summed E-state index contributed by atoms with van der Waals surface area (Å²) in [6.45, 7) is 2.77. The number of pyridine rings is 1. The largest absolute Gasteiger partial charge is 0.334 e. The van der Waals surface area contributed by atoms with Gasteiger partial charge in [0, 0.05) is 25.5 Å². The zero-order valence-electron chi connectivity index (χ0n) is 11.6. The van der Waals surface area contributed by atoms with Gasteiger partial charge in [-0.05, 0) is 24.6 Å². The highest BCUT2D eigenvalue weighted by Gasteiger charge is 2.18. The Bertz CT molecular complexity index is 694. The molecule has 1 aromatic carbocycles. The maximum absolute atomic E-state index is 12.5. The number of hydrogen-bond donors (Lipinski definition) is 0. The van der Waals surface area contributed by atoms with Gasteiger partial charge < -0.3 is 4.90 Å². The molecule has 0 aliphatic rings. The van der Waals surface area contributed by atoms with Crippen molar-refractivity contribution >= 4 is 17.5 Å². The monoisotopic (exact) mass is 299 g/mol. The number of amides is 1. The first-order valence-electron chi connectivity index (χ1n) is 6.54. The number of benzene rings is 1. The summed E-state index contributed by atoms with van der Waals surface area (Å²) in [6, 6.07) is 11.0. The lowest BCUT2D eigenvalue weighted by Gasteiger charge is -2.22. The second-order valence-corrected chi connectivity index (χ2v) is 4.85. The lowest BCUT2D eigenvalue weighted by Crippen LogP contribution is -2.30. The van der Waals surface area contributed by atoms with E-state index in [1.807, 2.05) is 19.1 Å². The predicted octanol–water partition coefficient (Wildman–Crippen LogP) is 3.27. The summed E-state index contributed by atoms with van der Waals surface area (Å²) >= 11 is 6.04. The first-order chi connectivity index (χ1) is 10.2. The Labute approximate surface area is 128 Å². The summed E-state index contributed by atoms with van der Waals surface area (Å²) in [5.41, 5.74) is 1.76. The molecule has 0 saturated carbocycles. The summed E-state index contributed by atoms with van der Waals surface area (Å²) in [5.74, 6) is -0.191. The zero-order chi connectivity index (χ0) is 15.2. The molecular weight excluding hydrogens is 286 g/mol. The van der Waals surface area contributed by atoms with Crippen molar-refractivity contribution in [3.63, 3.8) is 0 Å². The van der Waals surface area contributed by atoms with Gasteiger partial charge in [-0.1, -0.05) is 29.8 Å². The van der Waals surface area contributed by atoms with Crippen LogP contribution in [-0.2, 0) is 6.54 Å². The highest BCUT2D eigenvalue weighted by atomic mass is 35.5. The number of carbonyl (C=O) groups is 1. The fourth-order valence-corrected chi connectivity index (χ4v) is 2.19. The van der Waals surface area contributed by atoms with Gasteiger partial charge in [-0.2, -0.15) is 5.26 Å². The van der Waals surface area contributed by atoms with E-state index in [1.54, 1.807) is 29.3 Å². The summed E-state index contributed by atoms with van der Waals surface area (Å²) in [5, 5.41) is 9.50. The van der Waals surface area contributed by atoms with E-state index in [4.69, 9.17) is 16.9 Å². The molecular formula is C16H14ClN3O. The van der Waals surface area contributed by atoms with Crippen molar-refractivity contribution < 1.29 is 4.79 Å². The van der Waals surface area contributed by atoms with Crippen molar-refractivity contribution in [3.05, 3.63) is 64.4 Å². The van der Waals surface area contributed by atoms with Crippen molar-refractivity contribution in [2.24, 2.45) is 0 Å². The van der Waals surface area contributed by atoms with Crippen LogP contribution in [0.25, 0.3) is 0 Å². The summed E-state index contributed by atoms with van der Waals surface area (Å²) in [6.07, 6.45) is 3.00. The van der Waals surface area contributed by atoms with Gasteiger partial charge in [0.15, 0.2) is 0 Å². The Balaban J connectivity index is 2.27. The van der Waals surface area contributed by atoms with E-state index in [1.165, 1.54) is 6.20 Å². The van der Waals surface area contributed by atoms with Gasteiger partial charge in [-0.25, -0.2) is 0 Å². The number of hydrogen-bond acceptors (Lipinski definition) is 3. The molecule has 0 bridgehead atoms. The molecule has 0 spiro atoms. The third kappa shape index (κ3) is 3.39. The number of nitriles is 1. The van der Waals surface area contributed by atoms with Crippen LogP contribution in [0.4, 0.5) is 0 Å². The van der Waals surface area contributed by atoms with Crippen LogP contribution in [-0.4, -0.2) is 22.3 Å². The van der Waals surface area contributed by atoms with Crippen LogP contribution >= 0.6 is 11.6 Å². The smallest absolute Gasteiger partial charge is 0.257 e. The molecule has 0 unspecified atom stereocenters. The van der Waals surface area contributed by atoms with Gasteiger partial charge in [0.05, 0.1) is 22.2 Å². The van der Waals surface area contributed by atoms with Crippen molar-refractivity contribution in [3.8, 4) is 6.07 Å². The van der Waals surface area contributed by atoms with Gasteiger partial charge in [0.25, 0.3) is 5.91 Å². The van der Waals surface area contributed by atoms with Crippen LogP contribution in [0.3, 0.4) is 0 Å². The lowest BCUT2D eigenvalue weighted by molar-refractivity contribution is 0.0752. The van der Waals surface area contributed by atoms with E-state index in [2.05, 4.69) is 11.1 Å². The molecule has 2 rings (SSSR count). The molecule has 1 amide bonds. The van der Waals surface area contributed by atoms with E-state index in [0.29, 0.717) is 29.2 Å². The number of aromatic nitrogens is 1. The minimum Gasteiger partial charge on any atom is -0.334 e. The van der Waals surface area contributed by atoms with Crippen molar-refractivity contribution in [2.75, 3.05) is 6.54 Å². The molecule has 1 aromatic heterocycles. The topological polar surface area (TPSA) is 57.0 Å². The maximum atomic E-state index is 12.5. The number of nitrogens with zero attached hydrogens (tertiary/aromatic N) is 3. The third-order valence-corrected chi connectivity index (χ3v) is 3.50. The van der Waals surface area contributed by atoms with E-state index >= 15 is 0 Å². The Hall–Kier alpha value is -2.38. The first-order valence-corrected chi connectivity index (χ1v) is 6.92. The van der Waals surface area contributed by atoms with Gasteiger partial charge in [-0.3, -0.25) is 9.78 Å². The number of carbonyl (C=O) groups excluding carboxylic acids is 1. The van der Waals surface area contributed by atoms with Gasteiger partial charge in [-0.15, -0.1) is 0 Å². The highest BCUT2D eigenvalue weighted by molar-refractivity contribution is 6.33. The molecule has 106 valence electrons. The molecule has 1 heterocycles. The van der Waals surface area contributed by atoms with Crippen molar-refractivity contribution in [1.29, 1.82) is 5.26 Å². The third-order valence-electron chi connectivity index (χ3n) is 3.17. The molecule has 0 aliphatic heterocycles. The highest BCUT2D eigenvalue weighted by Crippen LogP contribution is 2.18. The van der Waals surface area contributed by atoms with Crippen LogP contribution in [0.5, 0.6) is 0 Å².